The number of ether oxygens (including phenoxy) is 1. The quantitative estimate of drug-likeness (QED) is 0.384. The molecule has 194 valence electrons. The van der Waals surface area contributed by atoms with Crippen molar-refractivity contribution in [3.63, 3.8) is 0 Å². The summed E-state index contributed by atoms with van der Waals surface area (Å²) >= 11 is 0. The van der Waals surface area contributed by atoms with Crippen molar-refractivity contribution < 1.29 is 26.0 Å². The number of nitrogens with zero attached hydrogens (tertiary/aromatic N) is 1. The van der Waals surface area contributed by atoms with Crippen molar-refractivity contribution in [3.05, 3.63) is 78.3 Å². The van der Waals surface area contributed by atoms with Crippen molar-refractivity contribution in [1.29, 1.82) is 0 Å². The number of nitrogens with one attached hydrogen (secondary N) is 1. The van der Waals surface area contributed by atoms with Gasteiger partial charge in [0, 0.05) is 18.2 Å². The second-order valence-corrected chi connectivity index (χ2v) is 12.5. The smallest absolute Gasteiger partial charge is 0.243 e. The fraction of sp³-hybridized carbons (Fsp3) is 0.385. The largest absolute Gasteiger partial charge is 0.494 e. The van der Waals surface area contributed by atoms with E-state index in [4.69, 9.17) is 9.15 Å². The molecule has 8 nitrogen and oxygen atoms in total. The normalized spacial score (nSPS) is 15.3. The van der Waals surface area contributed by atoms with Gasteiger partial charge in [0.2, 0.25) is 20.0 Å². The minimum Gasteiger partial charge on any atom is -0.494 e. The summed E-state index contributed by atoms with van der Waals surface area (Å²) in [6.45, 7) is 2.39. The molecule has 0 radical (unpaired) electrons. The Balaban J connectivity index is 1.60. The number of hydrogen-bond donors (Lipinski definition) is 1. The van der Waals surface area contributed by atoms with Crippen LogP contribution in [0.2, 0.25) is 0 Å². The Morgan fingerprint density at radius 2 is 1.58 bits per heavy atom. The van der Waals surface area contributed by atoms with E-state index in [0.29, 0.717) is 23.7 Å². The molecule has 1 saturated carbocycles. The van der Waals surface area contributed by atoms with Gasteiger partial charge in [-0.15, -0.1) is 0 Å². The van der Waals surface area contributed by atoms with E-state index in [9.17, 15) is 16.8 Å². The molecule has 1 N–H and O–H groups in total. The Bertz CT molecular complexity index is 1330. The summed E-state index contributed by atoms with van der Waals surface area (Å²) in [7, 11) is -7.73. The second-order valence-electron chi connectivity index (χ2n) is 8.82. The lowest BCUT2D eigenvalue weighted by Crippen LogP contribution is -2.36. The lowest BCUT2D eigenvalue weighted by molar-refractivity contribution is 0.321. The lowest BCUT2D eigenvalue weighted by atomic mass is 9.96. The summed E-state index contributed by atoms with van der Waals surface area (Å²) in [5.74, 6) is 1.10. The van der Waals surface area contributed by atoms with Gasteiger partial charge in [-0.05, 0) is 62.2 Å². The first-order valence-electron chi connectivity index (χ1n) is 12.2. The molecule has 0 bridgehead atoms. The molecule has 1 aliphatic rings. The second kappa shape index (κ2) is 11.6. The fourth-order valence-corrected chi connectivity index (χ4v) is 7.06. The molecular formula is C26H32N2O6S2. The maximum absolute atomic E-state index is 13.7. The topological polar surface area (TPSA) is 106 Å². The zero-order chi connectivity index (χ0) is 25.6. The molecule has 1 aliphatic carbocycles. The maximum Gasteiger partial charge on any atom is 0.243 e. The van der Waals surface area contributed by atoms with Gasteiger partial charge in [0.05, 0.1) is 29.2 Å². The van der Waals surface area contributed by atoms with Gasteiger partial charge in [0.25, 0.3) is 0 Å². The molecule has 4 rings (SSSR count). The average Bonchev–Trinajstić information content (AvgIpc) is 3.39. The van der Waals surface area contributed by atoms with E-state index in [0.717, 1.165) is 32.1 Å². The minimum atomic E-state index is -3.99. The predicted octanol–water partition coefficient (Wildman–Crippen LogP) is 4.68. The lowest BCUT2D eigenvalue weighted by Gasteiger charge is -2.23. The van der Waals surface area contributed by atoms with Crippen molar-refractivity contribution in [1.82, 2.24) is 9.03 Å². The molecule has 0 unspecified atom stereocenters. The van der Waals surface area contributed by atoms with Crippen molar-refractivity contribution in [2.24, 2.45) is 0 Å². The highest BCUT2D eigenvalue weighted by Crippen LogP contribution is 2.27. The van der Waals surface area contributed by atoms with Crippen LogP contribution in [0.1, 0.15) is 50.4 Å². The third-order valence-corrected chi connectivity index (χ3v) is 9.57. The zero-order valence-electron chi connectivity index (χ0n) is 20.3. The third kappa shape index (κ3) is 6.36. The van der Waals surface area contributed by atoms with Gasteiger partial charge in [-0.3, -0.25) is 0 Å². The molecule has 0 amide bonds. The Hall–Kier alpha value is -2.66. The van der Waals surface area contributed by atoms with Crippen LogP contribution in [0.4, 0.5) is 0 Å². The predicted molar refractivity (Wildman–Crippen MR) is 136 cm³/mol. The molecule has 0 saturated heterocycles. The van der Waals surface area contributed by atoms with Crippen LogP contribution < -0.4 is 9.46 Å². The van der Waals surface area contributed by atoms with E-state index >= 15 is 0 Å². The van der Waals surface area contributed by atoms with Gasteiger partial charge >= 0.3 is 0 Å². The number of para-hydroxylation sites is 1. The number of rotatable bonds is 11. The number of sulfonamides is 2. The molecule has 0 aliphatic heterocycles. The first-order chi connectivity index (χ1) is 17.3. The summed E-state index contributed by atoms with van der Waals surface area (Å²) in [5.41, 5.74) is 0.713. The van der Waals surface area contributed by atoms with Crippen LogP contribution in [0, 0.1) is 0 Å². The monoisotopic (exact) mass is 532 g/mol. The Morgan fingerprint density at radius 1 is 0.889 bits per heavy atom. The first kappa shape index (κ1) is 26.4. The van der Waals surface area contributed by atoms with E-state index in [-0.39, 0.29) is 28.9 Å². The zero-order valence-corrected chi connectivity index (χ0v) is 21.9. The molecule has 10 heteroatoms. The van der Waals surface area contributed by atoms with Gasteiger partial charge in [-0.2, -0.15) is 4.31 Å². The molecule has 1 aromatic heterocycles. The molecular weight excluding hydrogens is 500 g/mol. The van der Waals surface area contributed by atoms with Gasteiger partial charge in [-0.1, -0.05) is 37.5 Å². The van der Waals surface area contributed by atoms with Crippen LogP contribution in [0.3, 0.4) is 0 Å². The number of benzene rings is 2. The van der Waals surface area contributed by atoms with Crippen LogP contribution in [0.15, 0.2) is 81.1 Å². The molecule has 3 aromatic rings. The highest BCUT2D eigenvalue weighted by atomic mass is 32.2. The minimum absolute atomic E-state index is 0.000404. The van der Waals surface area contributed by atoms with E-state index in [2.05, 4.69) is 4.72 Å². The van der Waals surface area contributed by atoms with E-state index < -0.39 is 20.0 Å². The Morgan fingerprint density at radius 3 is 2.25 bits per heavy atom. The van der Waals surface area contributed by atoms with Crippen LogP contribution in [-0.4, -0.2) is 33.8 Å². The highest BCUT2D eigenvalue weighted by molar-refractivity contribution is 7.89. The van der Waals surface area contributed by atoms with Crippen molar-refractivity contribution in [3.8, 4) is 5.75 Å². The van der Waals surface area contributed by atoms with Crippen LogP contribution in [0.25, 0.3) is 0 Å². The highest BCUT2D eigenvalue weighted by Gasteiger charge is 2.28. The molecule has 1 heterocycles. The summed E-state index contributed by atoms with van der Waals surface area (Å²) in [5, 5.41) is 0. The van der Waals surface area contributed by atoms with Gasteiger partial charge in [0.15, 0.2) is 0 Å². The summed E-state index contributed by atoms with van der Waals surface area (Å²) in [4.78, 5) is 0.0471. The van der Waals surface area contributed by atoms with Gasteiger partial charge in [-0.25, -0.2) is 21.6 Å². The molecule has 1 fully saturated rings. The van der Waals surface area contributed by atoms with Crippen LogP contribution >= 0.6 is 0 Å². The van der Waals surface area contributed by atoms with Crippen molar-refractivity contribution in [2.45, 2.75) is 68.0 Å². The van der Waals surface area contributed by atoms with Gasteiger partial charge in [0.1, 0.15) is 11.5 Å². The number of hydrogen-bond acceptors (Lipinski definition) is 6. The van der Waals surface area contributed by atoms with Crippen molar-refractivity contribution in [2.75, 3.05) is 6.61 Å². The fourth-order valence-electron chi connectivity index (χ4n) is 4.37. The van der Waals surface area contributed by atoms with E-state index in [1.807, 2.05) is 25.1 Å². The molecule has 0 spiro atoms. The van der Waals surface area contributed by atoms with Gasteiger partial charge < -0.3 is 9.15 Å². The third-order valence-electron chi connectivity index (χ3n) is 6.23. The molecule has 36 heavy (non-hydrogen) atoms. The SMILES string of the molecule is CCOc1ccccc1CN(Cc1ccco1)S(=O)(=O)c1ccc(S(=O)(=O)NC2CCCCC2)cc1. The summed E-state index contributed by atoms with van der Waals surface area (Å²) in [6, 6.07) is 16.0. The van der Waals surface area contributed by atoms with E-state index in [1.54, 1.807) is 18.2 Å². The number of furan rings is 1. The Kier molecular flexibility index (Phi) is 8.50. The van der Waals surface area contributed by atoms with Crippen molar-refractivity contribution >= 4 is 20.0 Å². The maximum atomic E-state index is 13.7. The summed E-state index contributed by atoms with van der Waals surface area (Å²) in [6.07, 6.45) is 6.25. The van der Waals surface area contributed by atoms with Crippen LogP contribution in [0.5, 0.6) is 5.75 Å². The average molecular weight is 533 g/mol. The standard InChI is InChI=1S/C26H32N2O6S2/c1-2-33-26-13-7-6-9-21(26)19-28(20-23-12-8-18-34-23)36(31,32)25-16-14-24(15-17-25)35(29,30)27-22-10-4-3-5-11-22/h6-9,12-18,22,27H,2-5,10-11,19-20H2,1H3. The Labute approximate surface area is 213 Å². The first-order valence-corrected chi connectivity index (χ1v) is 15.1. The molecule has 0 atom stereocenters. The van der Waals surface area contributed by atoms with Crippen LogP contribution in [-0.2, 0) is 33.1 Å². The molecule has 2 aromatic carbocycles. The van der Waals surface area contributed by atoms with E-state index in [1.165, 1.54) is 34.8 Å². The summed E-state index contributed by atoms with van der Waals surface area (Å²) < 4.78 is 68.2.